The van der Waals surface area contributed by atoms with Gasteiger partial charge in [0.25, 0.3) is 0 Å². The van der Waals surface area contributed by atoms with Crippen LogP contribution in [-0.4, -0.2) is 37.2 Å². The lowest BCUT2D eigenvalue weighted by Crippen LogP contribution is -2.30. The Hall–Kier alpha value is -3.67. The highest BCUT2D eigenvalue weighted by atomic mass is 16.6. The Kier molecular flexibility index (Phi) is 67.7. The predicted octanol–water partition coefficient (Wildman–Crippen LogP) is 24.8. The second kappa shape index (κ2) is 70.8. The molecule has 83 heavy (non-hydrogen) atoms. The van der Waals surface area contributed by atoms with Crippen molar-refractivity contribution in [3.05, 3.63) is 97.2 Å². The third-order valence-corrected chi connectivity index (χ3v) is 15.6. The van der Waals surface area contributed by atoms with Crippen LogP contribution in [0.25, 0.3) is 0 Å². The molecule has 0 bridgehead atoms. The van der Waals surface area contributed by atoms with Crippen LogP contribution in [0.3, 0.4) is 0 Å². The van der Waals surface area contributed by atoms with E-state index in [0.29, 0.717) is 19.3 Å². The first-order valence-corrected chi connectivity index (χ1v) is 35.7. The summed E-state index contributed by atoms with van der Waals surface area (Å²) in [5.74, 6) is -0.874. The smallest absolute Gasteiger partial charge is 0.306 e. The van der Waals surface area contributed by atoms with Gasteiger partial charge in [-0.3, -0.25) is 14.4 Å². The average molecular weight is 1160 g/mol. The molecule has 0 amide bonds. The molecule has 0 aliphatic rings. The summed E-state index contributed by atoms with van der Waals surface area (Å²) in [6.45, 7) is 6.54. The van der Waals surface area contributed by atoms with Crippen LogP contribution in [0.1, 0.15) is 355 Å². The third kappa shape index (κ3) is 69.0. The highest BCUT2D eigenvalue weighted by Gasteiger charge is 2.19. The maximum absolute atomic E-state index is 12.9. The van der Waals surface area contributed by atoms with Gasteiger partial charge in [0, 0.05) is 19.3 Å². The fourth-order valence-electron chi connectivity index (χ4n) is 10.2. The number of unbranched alkanes of at least 4 members (excludes halogenated alkanes) is 38. The first-order valence-electron chi connectivity index (χ1n) is 35.7. The van der Waals surface area contributed by atoms with E-state index in [1.54, 1.807) is 0 Å². The number of hydrogen-bond acceptors (Lipinski definition) is 6. The predicted molar refractivity (Wildman–Crippen MR) is 362 cm³/mol. The van der Waals surface area contributed by atoms with E-state index < -0.39 is 6.10 Å². The molecule has 1 atom stereocenters. The van der Waals surface area contributed by atoms with Crippen LogP contribution < -0.4 is 0 Å². The Morgan fingerprint density at radius 1 is 0.253 bits per heavy atom. The van der Waals surface area contributed by atoms with Crippen molar-refractivity contribution in [1.82, 2.24) is 0 Å². The SMILES string of the molecule is CC/C=C\C/C=C\C/C=C\C/C=C\C/C=C\CCCCCCCCCC(=O)OC(COC(=O)CCCCCCCCCCCCC)COC(=O)CCCCCCCCCCCCCCCCCC/C=C\C/C=C\C/C=C\CCCCCCC. The number of rotatable bonds is 65. The van der Waals surface area contributed by atoms with Crippen LogP contribution in [-0.2, 0) is 28.6 Å². The molecule has 6 nitrogen and oxygen atoms in total. The van der Waals surface area contributed by atoms with Gasteiger partial charge in [-0.2, -0.15) is 0 Å². The molecule has 0 aromatic carbocycles. The molecule has 6 heteroatoms. The van der Waals surface area contributed by atoms with Gasteiger partial charge in [0.15, 0.2) is 6.10 Å². The Morgan fingerprint density at radius 3 is 0.735 bits per heavy atom. The molecule has 0 fully saturated rings. The standard InChI is InChI=1S/C77H134O6/c1-4-7-10-13-16-19-22-24-26-28-30-32-34-35-36-37-38-39-40-41-43-44-46-48-50-52-55-58-61-64-67-70-76(79)82-73-74(72-81-75(78)69-66-63-60-57-54-21-18-15-12-9-6-3)83-77(80)71-68-65-62-59-56-53-51-49-47-45-42-33-31-29-27-25-23-20-17-14-11-8-5-2/h8,11,17,20,22,24-25,27-28,30-31,33-35,45,47,74H,4-7,9-10,12-16,18-19,21,23,26,29,32,36-44,46,48-73H2,1-3H3/b11-8-,20-17-,24-22-,27-25-,30-28-,33-31-,35-34-,47-45-. The Bertz CT molecular complexity index is 1610. The number of hydrogen-bond donors (Lipinski definition) is 0. The minimum Gasteiger partial charge on any atom is -0.462 e. The minimum absolute atomic E-state index is 0.0783. The van der Waals surface area contributed by atoms with Crippen molar-refractivity contribution in [3.63, 3.8) is 0 Å². The molecular weight excluding hydrogens is 1020 g/mol. The van der Waals surface area contributed by atoms with Crippen LogP contribution in [0.2, 0.25) is 0 Å². The van der Waals surface area contributed by atoms with Crippen molar-refractivity contribution >= 4 is 17.9 Å². The van der Waals surface area contributed by atoms with Crippen molar-refractivity contribution in [2.75, 3.05) is 13.2 Å². The van der Waals surface area contributed by atoms with Crippen LogP contribution in [0.4, 0.5) is 0 Å². The second-order valence-electron chi connectivity index (χ2n) is 23.8. The van der Waals surface area contributed by atoms with E-state index in [1.807, 2.05) is 0 Å². The summed E-state index contributed by atoms with van der Waals surface area (Å²) in [6, 6.07) is 0. The summed E-state index contributed by atoms with van der Waals surface area (Å²) < 4.78 is 17.0. The lowest BCUT2D eigenvalue weighted by atomic mass is 10.0. The zero-order valence-electron chi connectivity index (χ0n) is 54.9. The van der Waals surface area contributed by atoms with E-state index in [2.05, 4.69) is 118 Å². The molecular formula is C77H134O6. The fourth-order valence-corrected chi connectivity index (χ4v) is 10.2. The van der Waals surface area contributed by atoms with Crippen molar-refractivity contribution in [2.24, 2.45) is 0 Å². The van der Waals surface area contributed by atoms with Gasteiger partial charge >= 0.3 is 17.9 Å². The molecule has 478 valence electrons. The normalized spacial score (nSPS) is 12.7. The van der Waals surface area contributed by atoms with E-state index in [-0.39, 0.29) is 31.1 Å². The molecule has 0 aliphatic heterocycles. The molecule has 0 heterocycles. The summed E-state index contributed by atoms with van der Waals surface area (Å²) in [6.07, 6.45) is 95.8. The van der Waals surface area contributed by atoms with Gasteiger partial charge < -0.3 is 14.2 Å². The lowest BCUT2D eigenvalue weighted by Gasteiger charge is -2.18. The van der Waals surface area contributed by atoms with E-state index in [0.717, 1.165) is 109 Å². The summed E-state index contributed by atoms with van der Waals surface area (Å²) in [4.78, 5) is 38.4. The largest absolute Gasteiger partial charge is 0.462 e. The Morgan fingerprint density at radius 2 is 0.470 bits per heavy atom. The van der Waals surface area contributed by atoms with Gasteiger partial charge in [-0.1, -0.05) is 330 Å². The van der Waals surface area contributed by atoms with E-state index in [1.165, 1.54) is 205 Å². The Balaban J connectivity index is 4.20. The van der Waals surface area contributed by atoms with Gasteiger partial charge in [-0.25, -0.2) is 0 Å². The quantitative estimate of drug-likeness (QED) is 0.0261. The summed E-state index contributed by atoms with van der Waals surface area (Å²) in [5, 5.41) is 0. The number of carbonyl (C=O) groups is 3. The van der Waals surface area contributed by atoms with Crippen LogP contribution >= 0.6 is 0 Å². The molecule has 0 saturated heterocycles. The van der Waals surface area contributed by atoms with Gasteiger partial charge in [-0.15, -0.1) is 0 Å². The maximum atomic E-state index is 12.9. The van der Waals surface area contributed by atoms with Crippen LogP contribution in [0, 0.1) is 0 Å². The van der Waals surface area contributed by atoms with Gasteiger partial charge in [0.2, 0.25) is 0 Å². The van der Waals surface area contributed by atoms with E-state index in [4.69, 9.17) is 14.2 Å². The molecule has 0 spiro atoms. The molecule has 0 N–H and O–H groups in total. The Labute approximate surface area is 515 Å². The number of carbonyl (C=O) groups excluding carboxylic acids is 3. The summed E-state index contributed by atoms with van der Waals surface area (Å²) in [5.41, 5.74) is 0. The molecule has 0 rings (SSSR count). The number of ether oxygens (including phenoxy) is 3. The highest BCUT2D eigenvalue weighted by molar-refractivity contribution is 5.71. The molecule has 1 unspecified atom stereocenters. The first kappa shape index (κ1) is 79.3. The van der Waals surface area contributed by atoms with E-state index >= 15 is 0 Å². The average Bonchev–Trinajstić information content (AvgIpc) is 3.48. The molecule has 0 radical (unpaired) electrons. The van der Waals surface area contributed by atoms with Crippen molar-refractivity contribution in [2.45, 2.75) is 361 Å². The van der Waals surface area contributed by atoms with Crippen LogP contribution in [0.15, 0.2) is 97.2 Å². The third-order valence-electron chi connectivity index (χ3n) is 15.6. The lowest BCUT2D eigenvalue weighted by molar-refractivity contribution is -0.167. The molecule has 0 saturated carbocycles. The van der Waals surface area contributed by atoms with E-state index in [9.17, 15) is 14.4 Å². The fraction of sp³-hybridized carbons (Fsp3) is 0.753. The van der Waals surface area contributed by atoms with Gasteiger partial charge in [0.1, 0.15) is 13.2 Å². The second-order valence-corrected chi connectivity index (χ2v) is 23.8. The minimum atomic E-state index is -0.783. The van der Waals surface area contributed by atoms with Crippen LogP contribution in [0.5, 0.6) is 0 Å². The highest BCUT2D eigenvalue weighted by Crippen LogP contribution is 2.17. The number of allylic oxidation sites excluding steroid dienone is 16. The zero-order valence-corrected chi connectivity index (χ0v) is 54.9. The molecule has 0 aromatic rings. The maximum Gasteiger partial charge on any atom is 0.306 e. The first-order chi connectivity index (χ1) is 41.0. The van der Waals surface area contributed by atoms with Crippen molar-refractivity contribution in [3.8, 4) is 0 Å². The van der Waals surface area contributed by atoms with Gasteiger partial charge in [0.05, 0.1) is 0 Å². The topological polar surface area (TPSA) is 78.9 Å². The molecule has 0 aliphatic carbocycles. The monoisotopic (exact) mass is 1160 g/mol. The van der Waals surface area contributed by atoms with Crippen molar-refractivity contribution < 1.29 is 28.6 Å². The van der Waals surface area contributed by atoms with Gasteiger partial charge in [-0.05, 0) is 103 Å². The molecule has 0 aromatic heterocycles. The summed E-state index contributed by atoms with van der Waals surface area (Å²) >= 11 is 0. The van der Waals surface area contributed by atoms with Crippen molar-refractivity contribution in [1.29, 1.82) is 0 Å². The number of esters is 3. The summed E-state index contributed by atoms with van der Waals surface area (Å²) in [7, 11) is 0. The zero-order chi connectivity index (χ0) is 59.9.